The third-order valence-corrected chi connectivity index (χ3v) is 5.01. The molecule has 0 heterocycles. The molecule has 1 aliphatic carbocycles. The Bertz CT molecular complexity index is 604. The highest BCUT2D eigenvalue weighted by Gasteiger charge is 2.48. The number of nitrogens with two attached hydrogens (primary N) is 1. The van der Waals surface area contributed by atoms with Crippen molar-refractivity contribution in [2.75, 3.05) is 12.8 Å². The minimum absolute atomic E-state index is 0.0142. The number of benzene rings is 1. The molecule has 0 aliphatic heterocycles. The van der Waals surface area contributed by atoms with Crippen LogP contribution in [-0.2, 0) is 14.6 Å². The van der Waals surface area contributed by atoms with Crippen LogP contribution in [0.5, 0.6) is 0 Å². The van der Waals surface area contributed by atoms with E-state index >= 15 is 0 Å². The number of carbonyl (C=O) groups is 1. The molecule has 1 unspecified atom stereocenters. The van der Waals surface area contributed by atoms with Gasteiger partial charge in [0, 0.05) is 12.8 Å². The lowest BCUT2D eigenvalue weighted by molar-refractivity contribution is -0.126. The number of hydrogen-bond acceptors (Lipinski definition) is 4. The quantitative estimate of drug-likeness (QED) is 0.848. The standard InChI is InChI=1S/C14H20N2O3S/c1-10(16-13(17)14(9-15)7-8-14)11-3-5-12(6-4-11)20(2,18)19/h3-6,10H,7-9,15H2,1-2H3,(H,16,17). The van der Waals surface area contributed by atoms with Crippen LogP contribution in [0.1, 0.15) is 31.4 Å². The van der Waals surface area contributed by atoms with Gasteiger partial charge in [-0.2, -0.15) is 0 Å². The van der Waals surface area contributed by atoms with Gasteiger partial charge in [-0.25, -0.2) is 8.42 Å². The van der Waals surface area contributed by atoms with E-state index in [1.54, 1.807) is 24.3 Å². The van der Waals surface area contributed by atoms with Crippen LogP contribution in [0.25, 0.3) is 0 Å². The first-order valence-corrected chi connectivity index (χ1v) is 8.49. The summed E-state index contributed by atoms with van der Waals surface area (Å²) < 4.78 is 22.8. The molecule has 20 heavy (non-hydrogen) atoms. The molecule has 5 nitrogen and oxygen atoms in total. The summed E-state index contributed by atoms with van der Waals surface area (Å²) in [5.41, 5.74) is 6.12. The Morgan fingerprint density at radius 2 is 1.90 bits per heavy atom. The molecule has 0 saturated heterocycles. The maximum Gasteiger partial charge on any atom is 0.227 e. The van der Waals surface area contributed by atoms with Crippen LogP contribution in [0.4, 0.5) is 0 Å². The number of sulfone groups is 1. The molecule has 3 N–H and O–H groups in total. The Morgan fingerprint density at radius 1 is 1.35 bits per heavy atom. The molecule has 1 aromatic rings. The van der Waals surface area contributed by atoms with E-state index < -0.39 is 9.84 Å². The minimum atomic E-state index is -3.19. The maximum absolute atomic E-state index is 12.1. The predicted octanol–water partition coefficient (Wildman–Crippen LogP) is 1.01. The van der Waals surface area contributed by atoms with Crippen molar-refractivity contribution in [2.45, 2.75) is 30.7 Å². The molecule has 0 spiro atoms. The Labute approximate surface area is 119 Å². The number of nitrogens with one attached hydrogen (secondary N) is 1. The van der Waals surface area contributed by atoms with Gasteiger partial charge < -0.3 is 11.1 Å². The van der Waals surface area contributed by atoms with E-state index in [4.69, 9.17) is 5.73 Å². The molecule has 1 amide bonds. The van der Waals surface area contributed by atoms with Crippen molar-refractivity contribution >= 4 is 15.7 Å². The minimum Gasteiger partial charge on any atom is -0.349 e. The summed E-state index contributed by atoms with van der Waals surface area (Å²) >= 11 is 0. The van der Waals surface area contributed by atoms with Gasteiger partial charge in [0.15, 0.2) is 9.84 Å². The van der Waals surface area contributed by atoms with Crippen LogP contribution in [0, 0.1) is 5.41 Å². The molecule has 2 rings (SSSR count). The van der Waals surface area contributed by atoms with Crippen molar-refractivity contribution < 1.29 is 13.2 Å². The zero-order valence-corrected chi connectivity index (χ0v) is 12.5. The lowest BCUT2D eigenvalue weighted by Crippen LogP contribution is -2.37. The highest BCUT2D eigenvalue weighted by molar-refractivity contribution is 7.90. The summed E-state index contributed by atoms with van der Waals surface area (Å²) in [5.74, 6) is -0.0142. The lowest BCUT2D eigenvalue weighted by Gasteiger charge is -2.19. The fourth-order valence-electron chi connectivity index (χ4n) is 2.11. The van der Waals surface area contributed by atoms with Crippen LogP contribution in [-0.4, -0.2) is 27.1 Å². The van der Waals surface area contributed by atoms with Crippen molar-refractivity contribution in [2.24, 2.45) is 11.1 Å². The van der Waals surface area contributed by atoms with E-state index in [0.717, 1.165) is 18.4 Å². The van der Waals surface area contributed by atoms with Gasteiger partial charge in [0.05, 0.1) is 16.4 Å². The van der Waals surface area contributed by atoms with E-state index in [1.165, 1.54) is 6.26 Å². The van der Waals surface area contributed by atoms with Gasteiger partial charge in [-0.1, -0.05) is 12.1 Å². The van der Waals surface area contributed by atoms with Gasteiger partial charge in [0.1, 0.15) is 0 Å². The zero-order chi connectivity index (χ0) is 15.0. The molecule has 1 fully saturated rings. The second-order valence-electron chi connectivity index (χ2n) is 5.52. The highest BCUT2D eigenvalue weighted by atomic mass is 32.2. The average Bonchev–Trinajstić information content (AvgIpc) is 3.19. The Morgan fingerprint density at radius 3 is 2.30 bits per heavy atom. The Balaban J connectivity index is 2.06. The van der Waals surface area contributed by atoms with E-state index in [9.17, 15) is 13.2 Å². The largest absolute Gasteiger partial charge is 0.349 e. The summed E-state index contributed by atoms with van der Waals surface area (Å²) in [6.45, 7) is 2.25. The van der Waals surface area contributed by atoms with Gasteiger partial charge in [0.25, 0.3) is 0 Å². The summed E-state index contributed by atoms with van der Waals surface area (Å²) in [7, 11) is -3.19. The third-order valence-electron chi connectivity index (χ3n) is 3.88. The molecule has 110 valence electrons. The Kier molecular flexibility index (Phi) is 3.88. The highest BCUT2D eigenvalue weighted by Crippen LogP contribution is 2.45. The number of carbonyl (C=O) groups excluding carboxylic acids is 1. The third kappa shape index (κ3) is 3.02. The topological polar surface area (TPSA) is 89.3 Å². The van der Waals surface area contributed by atoms with E-state index in [-0.39, 0.29) is 22.3 Å². The van der Waals surface area contributed by atoms with Gasteiger partial charge in [-0.05, 0) is 37.5 Å². The van der Waals surface area contributed by atoms with Crippen molar-refractivity contribution in [3.63, 3.8) is 0 Å². The van der Waals surface area contributed by atoms with Gasteiger partial charge in [-0.3, -0.25) is 4.79 Å². The molecular formula is C14H20N2O3S. The van der Waals surface area contributed by atoms with E-state index in [2.05, 4.69) is 5.32 Å². The molecule has 1 saturated carbocycles. The number of hydrogen-bond donors (Lipinski definition) is 2. The molecule has 1 atom stereocenters. The molecule has 6 heteroatoms. The van der Waals surface area contributed by atoms with E-state index in [1.807, 2.05) is 6.92 Å². The zero-order valence-electron chi connectivity index (χ0n) is 11.7. The summed E-state index contributed by atoms with van der Waals surface area (Å²) in [6, 6.07) is 6.40. The van der Waals surface area contributed by atoms with Crippen LogP contribution in [0.2, 0.25) is 0 Å². The van der Waals surface area contributed by atoms with Gasteiger partial charge >= 0.3 is 0 Å². The first-order chi connectivity index (χ1) is 9.28. The fraction of sp³-hybridized carbons (Fsp3) is 0.500. The van der Waals surface area contributed by atoms with Gasteiger partial charge in [0.2, 0.25) is 5.91 Å². The van der Waals surface area contributed by atoms with Crippen LogP contribution >= 0.6 is 0 Å². The van der Waals surface area contributed by atoms with Gasteiger partial charge in [-0.15, -0.1) is 0 Å². The molecule has 1 aliphatic rings. The second kappa shape index (κ2) is 5.18. The van der Waals surface area contributed by atoms with Crippen LogP contribution < -0.4 is 11.1 Å². The summed E-state index contributed by atoms with van der Waals surface area (Å²) in [4.78, 5) is 12.4. The SMILES string of the molecule is CC(NC(=O)C1(CN)CC1)c1ccc(S(C)(=O)=O)cc1. The normalized spacial score (nSPS) is 18.4. The first-order valence-electron chi connectivity index (χ1n) is 6.59. The van der Waals surface area contributed by atoms with Crippen LogP contribution in [0.3, 0.4) is 0 Å². The Hall–Kier alpha value is -1.40. The molecule has 0 radical (unpaired) electrons. The lowest BCUT2D eigenvalue weighted by atomic mass is 10.0. The molecular weight excluding hydrogens is 276 g/mol. The molecule has 0 aromatic heterocycles. The number of rotatable bonds is 5. The average molecular weight is 296 g/mol. The fourth-order valence-corrected chi connectivity index (χ4v) is 2.74. The van der Waals surface area contributed by atoms with Crippen molar-refractivity contribution in [1.29, 1.82) is 0 Å². The van der Waals surface area contributed by atoms with Crippen molar-refractivity contribution in [3.05, 3.63) is 29.8 Å². The van der Waals surface area contributed by atoms with Crippen LogP contribution in [0.15, 0.2) is 29.2 Å². The van der Waals surface area contributed by atoms with Crippen molar-refractivity contribution in [1.82, 2.24) is 5.32 Å². The molecule has 1 aromatic carbocycles. The van der Waals surface area contributed by atoms with E-state index in [0.29, 0.717) is 6.54 Å². The maximum atomic E-state index is 12.1. The first kappa shape index (κ1) is 15.0. The smallest absolute Gasteiger partial charge is 0.227 e. The van der Waals surface area contributed by atoms with Crippen molar-refractivity contribution in [3.8, 4) is 0 Å². The summed E-state index contributed by atoms with van der Waals surface area (Å²) in [5, 5.41) is 2.94. The monoisotopic (exact) mass is 296 g/mol. The molecule has 0 bridgehead atoms. The number of amides is 1. The predicted molar refractivity (Wildman–Crippen MR) is 76.8 cm³/mol. The summed E-state index contributed by atoms with van der Waals surface area (Å²) in [6.07, 6.45) is 2.86. The second-order valence-corrected chi connectivity index (χ2v) is 7.54.